The molecule has 51 heavy (non-hydrogen) atoms. The van der Waals surface area contributed by atoms with Gasteiger partial charge in [-0.15, -0.1) is 0 Å². The van der Waals surface area contributed by atoms with Gasteiger partial charge in [0.25, 0.3) is 5.56 Å². The van der Waals surface area contributed by atoms with Gasteiger partial charge in [-0.2, -0.15) is 18.2 Å². The van der Waals surface area contributed by atoms with Crippen LogP contribution >= 0.6 is 0 Å². The maximum atomic E-state index is 13.6. The van der Waals surface area contributed by atoms with E-state index in [9.17, 15) is 18.0 Å². The minimum absolute atomic E-state index is 0.158. The molecule has 0 amide bonds. The molecule has 1 aromatic carbocycles. The quantitative estimate of drug-likeness (QED) is 0.156. The maximum Gasteiger partial charge on any atom is 0.434 e. The zero-order chi connectivity index (χ0) is 35.9. The minimum Gasteiger partial charge on any atom is -0.480 e. The van der Waals surface area contributed by atoms with E-state index in [-0.39, 0.29) is 23.3 Å². The number of fused-ring (bicyclic) bond motifs is 1. The number of imidazole rings is 1. The fraction of sp³-hybridized carbons (Fsp3) is 0.333. The Kier molecular flexibility index (Phi) is 8.95. The van der Waals surface area contributed by atoms with Crippen molar-refractivity contribution in [3.05, 3.63) is 99.9 Å². The molecule has 15 heteroatoms. The highest BCUT2D eigenvalue weighted by atomic mass is 19.4. The van der Waals surface area contributed by atoms with Crippen LogP contribution in [-0.4, -0.2) is 51.5 Å². The summed E-state index contributed by atoms with van der Waals surface area (Å²) in [5.41, 5.74) is 4.47. The highest BCUT2D eigenvalue weighted by Gasteiger charge is 2.35. The molecule has 1 fully saturated rings. The second kappa shape index (κ2) is 13.5. The van der Waals surface area contributed by atoms with Crippen LogP contribution in [0.1, 0.15) is 73.7 Å². The fourth-order valence-corrected chi connectivity index (χ4v) is 6.02. The van der Waals surface area contributed by atoms with Crippen LogP contribution in [0, 0.1) is 0 Å². The van der Waals surface area contributed by atoms with Gasteiger partial charge in [0.1, 0.15) is 24.0 Å². The number of halogens is 3. The number of hydrogen-bond donors (Lipinski definition) is 1. The van der Waals surface area contributed by atoms with Crippen LogP contribution in [0.3, 0.4) is 0 Å². The minimum atomic E-state index is -4.56. The van der Waals surface area contributed by atoms with E-state index in [1.807, 2.05) is 43.9 Å². The molecule has 0 radical (unpaired) electrons. The van der Waals surface area contributed by atoms with Gasteiger partial charge in [-0.25, -0.2) is 24.9 Å². The van der Waals surface area contributed by atoms with Crippen LogP contribution in [0.15, 0.2) is 66.2 Å². The lowest BCUT2D eigenvalue weighted by molar-refractivity contribution is -0.140. The number of aryl methyl sites for hydroxylation is 1. The summed E-state index contributed by atoms with van der Waals surface area (Å²) in [5.74, 6) is 1.60. The molecule has 1 saturated carbocycles. The van der Waals surface area contributed by atoms with E-state index in [1.54, 1.807) is 31.5 Å². The standard InChI is InChI=1S/C36H35F3N10O2/c1-5-23-13-26-27(45-33(23)50)12-22(14-40-26)16-48(35-44-19-42-31(47-35)29-30(24-10-11-24)41-18-43-34(29)51-4)15-21-6-8-25(9-7-21)32-46-28(36(37,38)39)17-49(32)20(2)3/h6-9,12-14,17-20,24H,5,10-11,15-16H2,1-4H3,(H,45,50). The Morgan fingerprint density at radius 3 is 2.41 bits per heavy atom. The molecule has 5 aromatic heterocycles. The second-order valence-corrected chi connectivity index (χ2v) is 12.8. The molecule has 0 aliphatic heterocycles. The van der Waals surface area contributed by atoms with Crippen LogP contribution in [0.2, 0.25) is 0 Å². The summed E-state index contributed by atoms with van der Waals surface area (Å²) in [6.07, 6.45) is 3.74. The van der Waals surface area contributed by atoms with Gasteiger partial charge in [-0.05, 0) is 56.4 Å². The maximum absolute atomic E-state index is 13.6. The van der Waals surface area contributed by atoms with Gasteiger partial charge in [0.2, 0.25) is 11.8 Å². The first-order valence-corrected chi connectivity index (χ1v) is 16.6. The molecule has 1 N–H and O–H groups in total. The number of ether oxygens (including phenoxy) is 1. The number of pyridine rings is 2. The number of H-pyrrole nitrogens is 1. The summed E-state index contributed by atoms with van der Waals surface area (Å²) >= 11 is 0. The van der Waals surface area contributed by atoms with Crippen molar-refractivity contribution >= 4 is 17.0 Å². The molecule has 262 valence electrons. The van der Waals surface area contributed by atoms with Crippen molar-refractivity contribution in [2.24, 2.45) is 0 Å². The van der Waals surface area contributed by atoms with Crippen molar-refractivity contribution in [1.82, 2.24) is 44.4 Å². The van der Waals surface area contributed by atoms with Crippen molar-refractivity contribution < 1.29 is 17.9 Å². The van der Waals surface area contributed by atoms with Crippen molar-refractivity contribution in [3.63, 3.8) is 0 Å². The van der Waals surface area contributed by atoms with E-state index in [0.29, 0.717) is 64.9 Å². The van der Waals surface area contributed by atoms with Crippen molar-refractivity contribution in [2.75, 3.05) is 12.0 Å². The van der Waals surface area contributed by atoms with E-state index < -0.39 is 11.9 Å². The topological polar surface area (TPSA) is 140 Å². The van der Waals surface area contributed by atoms with Crippen LogP contribution in [0.25, 0.3) is 33.8 Å². The number of hydrogen-bond acceptors (Lipinski definition) is 10. The summed E-state index contributed by atoms with van der Waals surface area (Å²) < 4.78 is 47.8. The first-order valence-electron chi connectivity index (χ1n) is 16.6. The average molecular weight is 697 g/mol. The Bertz CT molecular complexity index is 2260. The number of nitrogens with one attached hydrogen (secondary N) is 1. The van der Waals surface area contributed by atoms with Gasteiger partial charge in [0.05, 0.1) is 23.8 Å². The number of methoxy groups -OCH3 is 1. The smallest absolute Gasteiger partial charge is 0.434 e. The lowest BCUT2D eigenvalue weighted by atomic mass is 10.1. The fourth-order valence-electron chi connectivity index (χ4n) is 6.02. The molecule has 0 unspecified atom stereocenters. The third kappa shape index (κ3) is 7.00. The predicted molar refractivity (Wildman–Crippen MR) is 184 cm³/mol. The van der Waals surface area contributed by atoms with Gasteiger partial charge in [-0.1, -0.05) is 31.2 Å². The molecule has 0 atom stereocenters. The van der Waals surface area contributed by atoms with Gasteiger partial charge in [-0.3, -0.25) is 9.78 Å². The summed E-state index contributed by atoms with van der Waals surface area (Å²) in [6.45, 7) is 6.16. The SMILES string of the molecule is CCc1cc2ncc(CN(Cc3ccc(-c4nc(C(F)(F)F)cn4C(C)C)cc3)c3ncnc(-c4c(OC)ncnc4C4CC4)n3)cc2[nH]c1=O. The number of nitrogens with zero attached hydrogens (tertiary/aromatic N) is 9. The summed E-state index contributed by atoms with van der Waals surface area (Å²) in [7, 11) is 1.54. The van der Waals surface area contributed by atoms with E-state index in [4.69, 9.17) is 9.72 Å². The van der Waals surface area contributed by atoms with Crippen molar-refractivity contribution in [3.8, 4) is 28.7 Å². The number of anilines is 1. The highest BCUT2D eigenvalue weighted by Crippen LogP contribution is 2.45. The zero-order valence-electron chi connectivity index (χ0n) is 28.4. The van der Waals surface area contributed by atoms with Crippen molar-refractivity contribution in [1.29, 1.82) is 0 Å². The van der Waals surface area contributed by atoms with Gasteiger partial charge < -0.3 is 19.2 Å². The molecule has 7 rings (SSSR count). The number of aromatic nitrogens is 9. The number of alkyl halides is 3. The Morgan fingerprint density at radius 1 is 0.980 bits per heavy atom. The van der Waals surface area contributed by atoms with Crippen LogP contribution in [0.4, 0.5) is 19.1 Å². The molecule has 0 bridgehead atoms. The lowest BCUT2D eigenvalue weighted by Gasteiger charge is -2.23. The molecular weight excluding hydrogens is 661 g/mol. The van der Waals surface area contributed by atoms with Crippen LogP contribution in [-0.2, 0) is 25.7 Å². The first kappa shape index (κ1) is 33.8. The van der Waals surface area contributed by atoms with Crippen LogP contribution < -0.4 is 15.2 Å². The summed E-state index contributed by atoms with van der Waals surface area (Å²) in [5, 5.41) is 0. The zero-order valence-corrected chi connectivity index (χ0v) is 28.4. The Morgan fingerprint density at radius 2 is 1.73 bits per heavy atom. The lowest BCUT2D eigenvalue weighted by Crippen LogP contribution is -2.25. The third-order valence-electron chi connectivity index (χ3n) is 8.81. The van der Waals surface area contributed by atoms with Gasteiger partial charge in [0.15, 0.2) is 11.5 Å². The van der Waals surface area contributed by atoms with Gasteiger partial charge in [0, 0.05) is 48.6 Å². The monoisotopic (exact) mass is 696 g/mol. The predicted octanol–water partition coefficient (Wildman–Crippen LogP) is 6.68. The highest BCUT2D eigenvalue weighted by molar-refractivity contribution is 5.75. The number of benzene rings is 1. The first-order chi connectivity index (χ1) is 24.5. The molecule has 6 aromatic rings. The largest absolute Gasteiger partial charge is 0.480 e. The van der Waals surface area contributed by atoms with Gasteiger partial charge >= 0.3 is 6.18 Å². The Hall–Kier alpha value is -5.73. The summed E-state index contributed by atoms with van der Waals surface area (Å²) in [6, 6.07) is 10.7. The molecule has 12 nitrogen and oxygen atoms in total. The molecule has 0 spiro atoms. The molecule has 5 heterocycles. The number of aromatic amines is 1. The average Bonchev–Trinajstić information content (AvgIpc) is 3.87. The van der Waals surface area contributed by atoms with E-state index in [2.05, 4.69) is 34.9 Å². The number of rotatable bonds is 11. The van der Waals surface area contributed by atoms with Crippen molar-refractivity contribution in [2.45, 2.75) is 71.3 Å². The Balaban J connectivity index is 1.26. The summed E-state index contributed by atoms with van der Waals surface area (Å²) in [4.78, 5) is 48.8. The van der Waals surface area contributed by atoms with Crippen LogP contribution in [0.5, 0.6) is 5.88 Å². The third-order valence-corrected chi connectivity index (χ3v) is 8.81. The normalized spacial score (nSPS) is 13.3. The molecule has 1 aliphatic carbocycles. The van der Waals surface area contributed by atoms with E-state index in [1.165, 1.54) is 17.2 Å². The molecular formula is C36H35F3N10O2. The molecule has 0 saturated heterocycles. The van der Waals surface area contributed by atoms with E-state index >= 15 is 0 Å². The molecule has 1 aliphatic rings. The Labute approximate surface area is 290 Å². The second-order valence-electron chi connectivity index (χ2n) is 12.8. The van der Waals surface area contributed by atoms with E-state index in [0.717, 1.165) is 35.9 Å².